The Morgan fingerprint density at radius 2 is 2.05 bits per heavy atom. The third kappa shape index (κ3) is 4.47. The van der Waals surface area contributed by atoms with Crippen molar-refractivity contribution in [3.05, 3.63) is 35.4 Å². The van der Waals surface area contributed by atoms with Crippen LogP contribution in [0.25, 0.3) is 0 Å². The number of aryl methyl sites for hydroxylation is 1. The molecule has 1 fully saturated rings. The first-order chi connectivity index (χ1) is 10.4. The predicted molar refractivity (Wildman–Crippen MR) is 92.1 cm³/mol. The van der Waals surface area contributed by atoms with Crippen LogP contribution in [0.5, 0.6) is 0 Å². The van der Waals surface area contributed by atoms with Gasteiger partial charge in [0.2, 0.25) is 0 Å². The quantitative estimate of drug-likeness (QED) is 0.664. The molecule has 0 spiro atoms. The molecule has 1 atom stereocenters. The fourth-order valence-electron chi connectivity index (χ4n) is 2.79. The highest BCUT2D eigenvalue weighted by Gasteiger charge is 2.30. The summed E-state index contributed by atoms with van der Waals surface area (Å²) in [7, 11) is 0. The molecule has 1 saturated heterocycles. The lowest BCUT2D eigenvalue weighted by molar-refractivity contribution is 0.186. The molecule has 0 radical (unpaired) electrons. The molecule has 2 N–H and O–H groups in total. The zero-order chi connectivity index (χ0) is 16.2. The summed E-state index contributed by atoms with van der Waals surface area (Å²) in [5.74, 6) is 0.916. The summed E-state index contributed by atoms with van der Waals surface area (Å²) in [6, 6.07) is 8.00. The van der Waals surface area contributed by atoms with E-state index in [0.717, 1.165) is 31.2 Å². The molecule has 1 unspecified atom stereocenters. The Morgan fingerprint density at radius 1 is 1.36 bits per heavy atom. The van der Waals surface area contributed by atoms with Crippen LogP contribution in [0.15, 0.2) is 29.3 Å². The molecule has 122 valence electrons. The maximum atomic E-state index is 10.3. The van der Waals surface area contributed by atoms with E-state index in [1.807, 2.05) is 31.2 Å². The van der Waals surface area contributed by atoms with Gasteiger partial charge in [0.15, 0.2) is 5.96 Å². The zero-order valence-electron chi connectivity index (χ0n) is 14.3. The Kier molecular flexibility index (Phi) is 5.46. The second-order valence-corrected chi connectivity index (χ2v) is 6.96. The Bertz CT molecular complexity index is 508. The van der Waals surface area contributed by atoms with Gasteiger partial charge in [0.1, 0.15) is 0 Å². The molecule has 0 bridgehead atoms. The van der Waals surface area contributed by atoms with Crippen molar-refractivity contribution in [2.75, 3.05) is 26.2 Å². The number of aliphatic hydroxyl groups is 1. The van der Waals surface area contributed by atoms with Crippen LogP contribution in [0.4, 0.5) is 0 Å². The standard InChI is InChI=1S/C18H29N3O/c1-5-19-17(21-11-10-18(3,4)13-21)20-12-16(22)15-8-6-14(2)7-9-15/h6-9,16,22H,5,10-13H2,1-4H3,(H,19,20). The molecule has 0 amide bonds. The van der Waals surface area contributed by atoms with Gasteiger partial charge in [-0.2, -0.15) is 0 Å². The van der Waals surface area contributed by atoms with Gasteiger partial charge < -0.3 is 15.3 Å². The highest BCUT2D eigenvalue weighted by atomic mass is 16.3. The summed E-state index contributed by atoms with van der Waals surface area (Å²) in [6.45, 7) is 12.0. The van der Waals surface area contributed by atoms with Crippen LogP contribution in [-0.4, -0.2) is 42.1 Å². The number of hydrogen-bond acceptors (Lipinski definition) is 2. The number of likely N-dealkylation sites (tertiary alicyclic amines) is 1. The van der Waals surface area contributed by atoms with Crippen molar-refractivity contribution >= 4 is 5.96 Å². The average Bonchev–Trinajstić information content (AvgIpc) is 2.84. The summed E-state index contributed by atoms with van der Waals surface area (Å²) >= 11 is 0. The van der Waals surface area contributed by atoms with Crippen LogP contribution in [0.3, 0.4) is 0 Å². The number of benzene rings is 1. The van der Waals surface area contributed by atoms with Gasteiger partial charge in [-0.25, -0.2) is 0 Å². The normalized spacial score (nSPS) is 19.3. The third-order valence-corrected chi connectivity index (χ3v) is 4.19. The molecular formula is C18H29N3O. The number of aliphatic hydroxyl groups excluding tert-OH is 1. The molecule has 0 aromatic heterocycles. The largest absolute Gasteiger partial charge is 0.386 e. The molecule has 22 heavy (non-hydrogen) atoms. The van der Waals surface area contributed by atoms with E-state index in [9.17, 15) is 5.11 Å². The van der Waals surface area contributed by atoms with Crippen molar-refractivity contribution in [2.45, 2.75) is 40.2 Å². The molecule has 1 aromatic carbocycles. The van der Waals surface area contributed by atoms with Crippen LogP contribution < -0.4 is 5.32 Å². The van der Waals surface area contributed by atoms with Gasteiger partial charge in [-0.3, -0.25) is 4.99 Å². The van der Waals surface area contributed by atoms with Gasteiger partial charge in [0.05, 0.1) is 12.6 Å². The van der Waals surface area contributed by atoms with Gasteiger partial charge >= 0.3 is 0 Å². The molecule has 0 aliphatic carbocycles. The minimum Gasteiger partial charge on any atom is -0.386 e. The van der Waals surface area contributed by atoms with Crippen molar-refractivity contribution in [2.24, 2.45) is 10.4 Å². The van der Waals surface area contributed by atoms with Crippen molar-refractivity contribution < 1.29 is 5.11 Å². The van der Waals surface area contributed by atoms with E-state index in [1.165, 1.54) is 12.0 Å². The fraction of sp³-hybridized carbons (Fsp3) is 0.611. The molecule has 1 aliphatic rings. The summed E-state index contributed by atoms with van der Waals surface area (Å²) in [4.78, 5) is 6.94. The molecule has 4 nitrogen and oxygen atoms in total. The minimum absolute atomic E-state index is 0.339. The van der Waals surface area contributed by atoms with Gasteiger partial charge in [-0.15, -0.1) is 0 Å². The van der Waals surface area contributed by atoms with E-state index in [-0.39, 0.29) is 0 Å². The van der Waals surface area contributed by atoms with Crippen LogP contribution in [0, 0.1) is 12.3 Å². The van der Waals surface area contributed by atoms with Crippen LogP contribution in [-0.2, 0) is 0 Å². The smallest absolute Gasteiger partial charge is 0.194 e. The van der Waals surface area contributed by atoms with E-state index >= 15 is 0 Å². The highest BCUT2D eigenvalue weighted by molar-refractivity contribution is 5.80. The number of hydrogen-bond donors (Lipinski definition) is 2. The molecule has 4 heteroatoms. The van der Waals surface area contributed by atoms with Gasteiger partial charge in [0.25, 0.3) is 0 Å². The number of rotatable bonds is 4. The van der Waals surface area contributed by atoms with E-state index in [4.69, 9.17) is 0 Å². The highest BCUT2D eigenvalue weighted by Crippen LogP contribution is 2.28. The fourth-order valence-corrected chi connectivity index (χ4v) is 2.79. The Labute approximate surface area is 134 Å². The van der Waals surface area contributed by atoms with Crippen molar-refractivity contribution in [1.82, 2.24) is 10.2 Å². The lowest BCUT2D eigenvalue weighted by atomic mass is 9.93. The molecule has 1 aliphatic heterocycles. The zero-order valence-corrected chi connectivity index (χ0v) is 14.3. The third-order valence-electron chi connectivity index (χ3n) is 4.19. The monoisotopic (exact) mass is 303 g/mol. The number of nitrogens with one attached hydrogen (secondary N) is 1. The SMILES string of the molecule is CCNC(=NCC(O)c1ccc(C)cc1)N1CCC(C)(C)C1. The van der Waals surface area contributed by atoms with Gasteiger partial charge in [-0.1, -0.05) is 43.7 Å². The van der Waals surface area contributed by atoms with E-state index in [1.54, 1.807) is 0 Å². The maximum Gasteiger partial charge on any atom is 0.194 e. The van der Waals surface area contributed by atoms with Gasteiger partial charge in [-0.05, 0) is 31.2 Å². The van der Waals surface area contributed by atoms with Gasteiger partial charge in [0, 0.05) is 19.6 Å². The molecular weight excluding hydrogens is 274 g/mol. The first-order valence-corrected chi connectivity index (χ1v) is 8.19. The first-order valence-electron chi connectivity index (χ1n) is 8.19. The topological polar surface area (TPSA) is 47.9 Å². The molecule has 1 heterocycles. The number of nitrogens with zero attached hydrogens (tertiary/aromatic N) is 2. The first kappa shape index (κ1) is 16.8. The van der Waals surface area contributed by atoms with Crippen LogP contribution in [0.1, 0.15) is 44.4 Å². The minimum atomic E-state index is -0.551. The van der Waals surface area contributed by atoms with Crippen molar-refractivity contribution in [1.29, 1.82) is 0 Å². The van der Waals surface area contributed by atoms with Crippen molar-refractivity contribution in [3.63, 3.8) is 0 Å². The van der Waals surface area contributed by atoms with Crippen molar-refractivity contribution in [3.8, 4) is 0 Å². The predicted octanol–water partition coefficient (Wildman–Crippen LogP) is 2.73. The maximum absolute atomic E-state index is 10.3. The second-order valence-electron chi connectivity index (χ2n) is 6.96. The van der Waals surface area contributed by atoms with E-state index in [2.05, 4.69) is 36.0 Å². The Hall–Kier alpha value is -1.55. The molecule has 1 aromatic rings. The number of aliphatic imine (C=N–C) groups is 1. The molecule has 2 rings (SSSR count). The Balaban J connectivity index is 2.02. The van der Waals surface area contributed by atoms with E-state index < -0.39 is 6.10 Å². The second kappa shape index (κ2) is 7.14. The Morgan fingerprint density at radius 3 is 2.59 bits per heavy atom. The lowest BCUT2D eigenvalue weighted by Gasteiger charge is -2.24. The number of guanidine groups is 1. The van der Waals surface area contributed by atoms with Crippen LogP contribution >= 0.6 is 0 Å². The summed E-state index contributed by atoms with van der Waals surface area (Å²) < 4.78 is 0. The summed E-state index contributed by atoms with van der Waals surface area (Å²) in [5.41, 5.74) is 2.46. The lowest BCUT2D eigenvalue weighted by Crippen LogP contribution is -2.41. The van der Waals surface area contributed by atoms with Crippen LogP contribution in [0.2, 0.25) is 0 Å². The summed E-state index contributed by atoms with van der Waals surface area (Å²) in [6.07, 6.45) is 0.627. The van der Waals surface area contributed by atoms with E-state index in [0.29, 0.717) is 12.0 Å². The average molecular weight is 303 g/mol. The molecule has 0 saturated carbocycles. The summed E-state index contributed by atoms with van der Waals surface area (Å²) in [5, 5.41) is 13.7.